The minimum absolute atomic E-state index is 0.0151. The van der Waals surface area contributed by atoms with Gasteiger partial charge in [0, 0.05) is 22.9 Å². The molecule has 3 aromatic rings. The van der Waals surface area contributed by atoms with E-state index in [1.165, 1.54) is 37.0 Å². The van der Waals surface area contributed by atoms with Crippen LogP contribution in [0.5, 0.6) is 0 Å². The first-order valence-electron chi connectivity index (χ1n) is 12.6. The molecule has 0 spiro atoms. The lowest BCUT2D eigenvalue weighted by atomic mass is 9.85. The molecule has 1 aliphatic rings. The number of hydrogen-bond acceptors (Lipinski definition) is 4. The van der Waals surface area contributed by atoms with Crippen LogP contribution in [0.25, 0.3) is 11.0 Å². The normalized spacial score (nSPS) is 15.9. The van der Waals surface area contributed by atoms with Crippen molar-refractivity contribution in [2.24, 2.45) is 5.92 Å². The number of thiophene rings is 1. The molecular formula is C27H37N3O2S. The van der Waals surface area contributed by atoms with Gasteiger partial charge in [-0.2, -0.15) is 0 Å². The molecule has 0 aliphatic heterocycles. The monoisotopic (exact) mass is 467 g/mol. The van der Waals surface area contributed by atoms with Crippen LogP contribution in [0.3, 0.4) is 0 Å². The third-order valence-electron chi connectivity index (χ3n) is 7.14. The molecule has 1 fully saturated rings. The third-order valence-corrected chi connectivity index (χ3v) is 8.02. The molecule has 0 radical (unpaired) electrons. The molecular weight excluding hydrogens is 430 g/mol. The van der Waals surface area contributed by atoms with Crippen LogP contribution in [0.2, 0.25) is 0 Å². The summed E-state index contributed by atoms with van der Waals surface area (Å²) in [6.07, 6.45) is 10.0. The lowest BCUT2D eigenvalue weighted by Gasteiger charge is -2.26. The minimum Gasteiger partial charge on any atom is -0.394 e. The van der Waals surface area contributed by atoms with Crippen LogP contribution in [0, 0.1) is 5.92 Å². The van der Waals surface area contributed by atoms with E-state index in [1.54, 1.807) is 11.3 Å². The zero-order chi connectivity index (χ0) is 23.2. The number of nitrogens with one attached hydrogen (secondary N) is 1. The summed E-state index contributed by atoms with van der Waals surface area (Å²) in [6.45, 7) is 4.43. The second kappa shape index (κ2) is 11.3. The maximum absolute atomic E-state index is 13.0. The average Bonchev–Trinajstić information content (AvgIpc) is 3.48. The first kappa shape index (κ1) is 24.0. The molecule has 6 heteroatoms. The Balaban J connectivity index is 1.56. The number of fused-ring (bicyclic) bond motifs is 1. The van der Waals surface area contributed by atoms with Gasteiger partial charge in [0.2, 0.25) is 0 Å². The quantitative estimate of drug-likeness (QED) is 0.378. The summed E-state index contributed by atoms with van der Waals surface area (Å²) < 4.78 is 2.37. The Morgan fingerprint density at radius 2 is 2.00 bits per heavy atom. The Kier molecular flexibility index (Phi) is 8.20. The van der Waals surface area contributed by atoms with Crippen molar-refractivity contribution in [2.45, 2.75) is 83.7 Å². The van der Waals surface area contributed by atoms with Crippen LogP contribution in [-0.2, 0) is 6.42 Å². The lowest BCUT2D eigenvalue weighted by molar-refractivity contribution is 0.0902. The molecule has 1 aromatic carbocycles. The number of aromatic nitrogens is 2. The zero-order valence-electron chi connectivity index (χ0n) is 19.9. The summed E-state index contributed by atoms with van der Waals surface area (Å²) in [5, 5.41) is 15.1. The number of aliphatic hydroxyl groups excluding tert-OH is 1. The maximum Gasteiger partial charge on any atom is 0.251 e. The molecule has 2 heterocycles. The van der Waals surface area contributed by atoms with Crippen molar-refractivity contribution in [3.8, 4) is 0 Å². The Hall–Kier alpha value is -2.18. The van der Waals surface area contributed by atoms with E-state index in [4.69, 9.17) is 4.98 Å². The Morgan fingerprint density at radius 3 is 2.67 bits per heavy atom. The van der Waals surface area contributed by atoms with E-state index < -0.39 is 0 Å². The number of hydrogen-bond donors (Lipinski definition) is 2. The van der Waals surface area contributed by atoms with Gasteiger partial charge in [-0.1, -0.05) is 52.0 Å². The van der Waals surface area contributed by atoms with Crippen molar-refractivity contribution in [1.82, 2.24) is 14.9 Å². The van der Waals surface area contributed by atoms with E-state index in [2.05, 4.69) is 41.2 Å². The van der Waals surface area contributed by atoms with Crippen LogP contribution in [-0.4, -0.2) is 33.2 Å². The molecule has 0 saturated heterocycles. The van der Waals surface area contributed by atoms with Gasteiger partial charge in [0.05, 0.1) is 23.7 Å². The summed E-state index contributed by atoms with van der Waals surface area (Å²) >= 11 is 1.75. The highest BCUT2D eigenvalue weighted by Crippen LogP contribution is 2.29. The maximum atomic E-state index is 13.0. The van der Waals surface area contributed by atoms with Crippen LogP contribution >= 0.6 is 11.3 Å². The molecule has 1 atom stereocenters. The van der Waals surface area contributed by atoms with E-state index in [-0.39, 0.29) is 18.6 Å². The molecule has 178 valence electrons. The summed E-state index contributed by atoms with van der Waals surface area (Å²) in [4.78, 5) is 19.3. The van der Waals surface area contributed by atoms with Gasteiger partial charge in [0.1, 0.15) is 5.82 Å². The molecule has 2 aromatic heterocycles. The number of amides is 1. The summed E-state index contributed by atoms with van der Waals surface area (Å²) in [7, 11) is 0. The van der Waals surface area contributed by atoms with Crippen LogP contribution in [0.1, 0.15) is 92.3 Å². The van der Waals surface area contributed by atoms with Crippen LogP contribution < -0.4 is 5.32 Å². The number of imidazole rings is 1. The zero-order valence-corrected chi connectivity index (χ0v) is 20.7. The smallest absolute Gasteiger partial charge is 0.251 e. The Labute approximate surface area is 201 Å². The van der Waals surface area contributed by atoms with Gasteiger partial charge in [-0.3, -0.25) is 4.79 Å². The number of carbonyl (C=O) groups excluding carboxylic acids is 1. The molecule has 4 rings (SSSR count). The van der Waals surface area contributed by atoms with Gasteiger partial charge >= 0.3 is 0 Å². The molecule has 2 N–H and O–H groups in total. The van der Waals surface area contributed by atoms with E-state index in [0.717, 1.165) is 42.5 Å². The molecule has 1 aliphatic carbocycles. The van der Waals surface area contributed by atoms with E-state index in [1.807, 2.05) is 18.2 Å². The van der Waals surface area contributed by atoms with Gasteiger partial charge in [0.15, 0.2) is 0 Å². The fraction of sp³-hybridized carbons (Fsp3) is 0.556. The van der Waals surface area contributed by atoms with Crippen molar-refractivity contribution < 1.29 is 9.90 Å². The first-order chi connectivity index (χ1) is 16.1. The Morgan fingerprint density at radius 1 is 1.21 bits per heavy atom. The fourth-order valence-corrected chi connectivity index (χ4v) is 6.02. The van der Waals surface area contributed by atoms with Crippen molar-refractivity contribution >= 4 is 28.3 Å². The number of rotatable bonds is 10. The first-order valence-corrected chi connectivity index (χ1v) is 13.5. The molecule has 5 nitrogen and oxygen atoms in total. The lowest BCUT2D eigenvalue weighted by Crippen LogP contribution is -2.39. The third kappa shape index (κ3) is 5.67. The second-order valence-corrected chi connectivity index (χ2v) is 10.5. The van der Waals surface area contributed by atoms with Gasteiger partial charge in [-0.25, -0.2) is 4.98 Å². The van der Waals surface area contributed by atoms with Gasteiger partial charge in [0.25, 0.3) is 5.91 Å². The molecule has 1 saturated carbocycles. The highest BCUT2D eigenvalue weighted by Gasteiger charge is 2.22. The van der Waals surface area contributed by atoms with E-state index in [0.29, 0.717) is 17.5 Å². The number of nitrogens with zero attached hydrogens (tertiary/aromatic N) is 2. The van der Waals surface area contributed by atoms with Crippen molar-refractivity contribution in [2.75, 3.05) is 6.61 Å². The van der Waals surface area contributed by atoms with E-state index >= 15 is 0 Å². The van der Waals surface area contributed by atoms with Crippen molar-refractivity contribution in [3.63, 3.8) is 0 Å². The number of carbonyl (C=O) groups is 1. The summed E-state index contributed by atoms with van der Waals surface area (Å²) in [5.74, 6) is 1.54. The van der Waals surface area contributed by atoms with Crippen LogP contribution in [0.4, 0.5) is 0 Å². The van der Waals surface area contributed by atoms with Gasteiger partial charge in [-0.05, 0) is 54.8 Å². The Bertz CT molecular complexity index is 1030. The standard InChI is InChI=1S/C27H37N3O2S/c1-3-22(4-2)30-25-13-12-20(16-24(25)29-26(30)17-23-11-8-14-33-23)27(32)28-21(18-31)15-19-9-6-5-7-10-19/h8,11-14,16,19,21-22,31H,3-7,9-10,15,17-18H2,1-2H3,(H,28,32)/t21-/m0/s1. The fourth-order valence-electron chi connectivity index (χ4n) is 5.32. The molecule has 1 amide bonds. The predicted octanol–water partition coefficient (Wildman–Crippen LogP) is 6.11. The predicted molar refractivity (Wildman–Crippen MR) is 136 cm³/mol. The summed E-state index contributed by atoms with van der Waals surface area (Å²) in [6, 6.07) is 10.3. The summed E-state index contributed by atoms with van der Waals surface area (Å²) in [5.41, 5.74) is 2.57. The van der Waals surface area contributed by atoms with Crippen molar-refractivity contribution in [1.29, 1.82) is 0 Å². The number of benzene rings is 1. The second-order valence-electron chi connectivity index (χ2n) is 9.42. The molecule has 0 unspecified atom stereocenters. The number of aliphatic hydroxyl groups is 1. The topological polar surface area (TPSA) is 67.2 Å². The van der Waals surface area contributed by atoms with Crippen LogP contribution in [0.15, 0.2) is 35.7 Å². The highest BCUT2D eigenvalue weighted by atomic mass is 32.1. The van der Waals surface area contributed by atoms with Gasteiger partial charge < -0.3 is 15.0 Å². The molecule has 0 bridgehead atoms. The largest absolute Gasteiger partial charge is 0.394 e. The minimum atomic E-state index is -0.187. The van der Waals surface area contributed by atoms with Crippen molar-refractivity contribution in [3.05, 3.63) is 52.0 Å². The average molecular weight is 468 g/mol. The SMILES string of the molecule is CCC(CC)n1c(Cc2cccs2)nc2cc(C(=O)N[C@H](CO)CC3CCCCC3)ccc21. The van der Waals surface area contributed by atoms with E-state index in [9.17, 15) is 9.90 Å². The molecule has 33 heavy (non-hydrogen) atoms. The van der Waals surface area contributed by atoms with Gasteiger partial charge in [-0.15, -0.1) is 11.3 Å². The highest BCUT2D eigenvalue weighted by molar-refractivity contribution is 7.09.